The summed E-state index contributed by atoms with van der Waals surface area (Å²) in [5.74, 6) is -0.128. The van der Waals surface area contributed by atoms with Crippen molar-refractivity contribution in [3.8, 4) is 0 Å². The largest absolute Gasteiger partial charge is 0.457 e. The van der Waals surface area contributed by atoms with Crippen LogP contribution >= 0.6 is 15.9 Å². The molecule has 0 radical (unpaired) electrons. The van der Waals surface area contributed by atoms with Gasteiger partial charge in [0.1, 0.15) is 5.58 Å². The van der Waals surface area contributed by atoms with Crippen molar-refractivity contribution < 1.29 is 13.9 Å². The zero-order chi connectivity index (χ0) is 12.6. The van der Waals surface area contributed by atoms with E-state index in [9.17, 15) is 4.79 Å². The third kappa shape index (κ3) is 2.36. The molecule has 0 N–H and O–H groups in total. The zero-order valence-corrected chi connectivity index (χ0v) is 11.5. The van der Waals surface area contributed by atoms with Crippen molar-refractivity contribution in [3.63, 3.8) is 0 Å². The maximum atomic E-state index is 11.8. The minimum absolute atomic E-state index is 0.151. The Morgan fingerprint density at radius 3 is 2.76 bits per heavy atom. The predicted octanol–water partition coefficient (Wildman–Crippen LogP) is 4.07. The van der Waals surface area contributed by atoms with Gasteiger partial charge in [-0.25, -0.2) is 4.79 Å². The maximum Gasteiger partial charge on any atom is 0.374 e. The molecule has 1 heterocycles. The number of carbonyl (C=O) groups is 1. The number of rotatable bonds is 2. The summed E-state index contributed by atoms with van der Waals surface area (Å²) in [5.41, 5.74) is 1.51. The average Bonchev–Trinajstić information content (AvgIpc) is 2.55. The third-order valence-corrected chi connectivity index (χ3v) is 2.92. The Balaban J connectivity index is 2.49. The summed E-state index contributed by atoms with van der Waals surface area (Å²) >= 11 is 3.40. The molecule has 17 heavy (non-hydrogen) atoms. The molecule has 2 rings (SSSR count). The van der Waals surface area contributed by atoms with Crippen LogP contribution in [-0.4, -0.2) is 12.1 Å². The predicted molar refractivity (Wildman–Crippen MR) is 69.2 cm³/mol. The fourth-order valence-electron chi connectivity index (χ4n) is 1.66. The minimum atomic E-state index is -0.412. The summed E-state index contributed by atoms with van der Waals surface area (Å²) in [7, 11) is 0. The van der Waals surface area contributed by atoms with E-state index in [1.54, 1.807) is 0 Å². The highest BCUT2D eigenvalue weighted by molar-refractivity contribution is 9.10. The number of hydrogen-bond acceptors (Lipinski definition) is 3. The quantitative estimate of drug-likeness (QED) is 0.784. The zero-order valence-electron chi connectivity index (χ0n) is 9.91. The lowest BCUT2D eigenvalue weighted by Gasteiger charge is -2.05. The summed E-state index contributed by atoms with van der Waals surface area (Å²) in [4.78, 5) is 11.8. The van der Waals surface area contributed by atoms with E-state index in [1.807, 2.05) is 39.0 Å². The van der Waals surface area contributed by atoms with Gasteiger partial charge in [0, 0.05) is 15.4 Å². The van der Waals surface area contributed by atoms with Gasteiger partial charge in [0.2, 0.25) is 5.76 Å². The molecule has 0 aliphatic heterocycles. The van der Waals surface area contributed by atoms with E-state index in [-0.39, 0.29) is 11.9 Å². The molecule has 1 aromatic carbocycles. The molecule has 1 aromatic heterocycles. The number of furan rings is 1. The van der Waals surface area contributed by atoms with Crippen LogP contribution in [0.4, 0.5) is 0 Å². The van der Waals surface area contributed by atoms with E-state index in [0.29, 0.717) is 5.58 Å². The summed E-state index contributed by atoms with van der Waals surface area (Å²) < 4.78 is 11.6. The highest BCUT2D eigenvalue weighted by Crippen LogP contribution is 2.28. The van der Waals surface area contributed by atoms with Crippen molar-refractivity contribution in [3.05, 3.63) is 34.0 Å². The van der Waals surface area contributed by atoms with Crippen LogP contribution in [0.25, 0.3) is 11.0 Å². The lowest BCUT2D eigenvalue weighted by atomic mass is 10.1. The molecule has 0 saturated carbocycles. The van der Waals surface area contributed by atoms with Gasteiger partial charge in [0.25, 0.3) is 0 Å². The molecule has 90 valence electrons. The van der Waals surface area contributed by atoms with Gasteiger partial charge in [-0.3, -0.25) is 0 Å². The van der Waals surface area contributed by atoms with Crippen molar-refractivity contribution in [2.75, 3.05) is 0 Å². The number of fused-ring (bicyclic) bond motifs is 1. The van der Waals surface area contributed by atoms with Crippen molar-refractivity contribution in [1.29, 1.82) is 0 Å². The first-order valence-corrected chi connectivity index (χ1v) is 6.18. The molecule has 4 heteroatoms. The van der Waals surface area contributed by atoms with Gasteiger partial charge < -0.3 is 9.15 Å². The molecule has 3 nitrogen and oxygen atoms in total. The highest BCUT2D eigenvalue weighted by Gasteiger charge is 2.19. The summed E-state index contributed by atoms with van der Waals surface area (Å²) in [5, 5.41) is 0.926. The second kappa shape index (κ2) is 4.53. The van der Waals surface area contributed by atoms with E-state index >= 15 is 0 Å². The first kappa shape index (κ1) is 12.2. The van der Waals surface area contributed by atoms with Crippen LogP contribution in [0.15, 0.2) is 27.1 Å². The Morgan fingerprint density at radius 1 is 1.41 bits per heavy atom. The number of hydrogen-bond donors (Lipinski definition) is 0. The Kier molecular flexibility index (Phi) is 3.24. The van der Waals surface area contributed by atoms with Crippen LogP contribution in [0.1, 0.15) is 30.0 Å². The molecule has 0 spiro atoms. The lowest BCUT2D eigenvalue weighted by molar-refractivity contribution is 0.0343. The van der Waals surface area contributed by atoms with Crippen LogP contribution in [0, 0.1) is 6.92 Å². The second-order valence-electron chi connectivity index (χ2n) is 4.15. The van der Waals surface area contributed by atoms with Crippen LogP contribution < -0.4 is 0 Å². The van der Waals surface area contributed by atoms with Crippen LogP contribution in [0.5, 0.6) is 0 Å². The monoisotopic (exact) mass is 296 g/mol. The number of esters is 1. The van der Waals surface area contributed by atoms with Gasteiger partial charge in [-0.1, -0.05) is 15.9 Å². The minimum Gasteiger partial charge on any atom is -0.457 e. The number of halogens is 1. The van der Waals surface area contributed by atoms with Crippen LogP contribution in [-0.2, 0) is 4.74 Å². The standard InChI is InChI=1S/C13H13BrO3/c1-7(2)16-13(15)12-8(3)10-6-9(14)4-5-11(10)17-12/h4-7H,1-3H3. The molecule has 0 saturated heterocycles. The fourth-order valence-corrected chi connectivity index (χ4v) is 2.02. The van der Waals surface area contributed by atoms with Crippen molar-refractivity contribution in [2.24, 2.45) is 0 Å². The molecule has 0 bridgehead atoms. The molecule has 0 amide bonds. The van der Waals surface area contributed by atoms with Crippen LogP contribution in [0.3, 0.4) is 0 Å². The maximum absolute atomic E-state index is 11.8. The topological polar surface area (TPSA) is 39.4 Å². The Bertz CT molecular complexity index is 569. The van der Waals surface area contributed by atoms with Gasteiger partial charge in [0.15, 0.2) is 0 Å². The summed E-state index contributed by atoms with van der Waals surface area (Å²) in [6.45, 7) is 5.48. The van der Waals surface area contributed by atoms with E-state index in [4.69, 9.17) is 9.15 Å². The van der Waals surface area contributed by atoms with Gasteiger partial charge >= 0.3 is 5.97 Å². The number of ether oxygens (including phenoxy) is 1. The average molecular weight is 297 g/mol. The molecule has 0 unspecified atom stereocenters. The van der Waals surface area contributed by atoms with E-state index in [0.717, 1.165) is 15.4 Å². The van der Waals surface area contributed by atoms with Crippen molar-refractivity contribution in [1.82, 2.24) is 0 Å². The normalized spacial score (nSPS) is 11.1. The third-order valence-electron chi connectivity index (χ3n) is 2.43. The van der Waals surface area contributed by atoms with Crippen molar-refractivity contribution >= 4 is 32.9 Å². The highest BCUT2D eigenvalue weighted by atomic mass is 79.9. The van der Waals surface area contributed by atoms with E-state index in [2.05, 4.69) is 15.9 Å². The van der Waals surface area contributed by atoms with Crippen molar-refractivity contribution in [2.45, 2.75) is 26.9 Å². The van der Waals surface area contributed by atoms with Gasteiger partial charge in [-0.05, 0) is 39.0 Å². The molecule has 2 aromatic rings. The van der Waals surface area contributed by atoms with Gasteiger partial charge in [-0.2, -0.15) is 0 Å². The molecular weight excluding hydrogens is 284 g/mol. The SMILES string of the molecule is Cc1c(C(=O)OC(C)C)oc2ccc(Br)cc12. The molecule has 0 atom stereocenters. The Hall–Kier alpha value is -1.29. The van der Waals surface area contributed by atoms with Gasteiger partial charge in [-0.15, -0.1) is 0 Å². The lowest BCUT2D eigenvalue weighted by Crippen LogP contribution is -2.11. The first-order chi connectivity index (χ1) is 7.99. The fraction of sp³-hybridized carbons (Fsp3) is 0.308. The Labute approximate surface area is 108 Å². The van der Waals surface area contributed by atoms with E-state index < -0.39 is 5.97 Å². The van der Waals surface area contributed by atoms with E-state index in [1.165, 1.54) is 0 Å². The number of aryl methyl sites for hydroxylation is 1. The number of benzene rings is 1. The second-order valence-corrected chi connectivity index (χ2v) is 5.07. The molecular formula is C13H13BrO3. The molecule has 0 aliphatic rings. The smallest absolute Gasteiger partial charge is 0.374 e. The number of carbonyl (C=O) groups excluding carboxylic acids is 1. The molecule has 0 fully saturated rings. The van der Waals surface area contributed by atoms with Gasteiger partial charge in [0.05, 0.1) is 6.10 Å². The Morgan fingerprint density at radius 2 is 2.12 bits per heavy atom. The first-order valence-electron chi connectivity index (χ1n) is 5.38. The summed E-state index contributed by atoms with van der Waals surface area (Å²) in [6, 6.07) is 5.64. The van der Waals surface area contributed by atoms with Crippen LogP contribution in [0.2, 0.25) is 0 Å². The molecule has 0 aliphatic carbocycles. The summed E-state index contributed by atoms with van der Waals surface area (Å²) in [6.07, 6.45) is -0.151.